The molecule has 0 aliphatic rings. The van der Waals surface area contributed by atoms with Gasteiger partial charge in [0.15, 0.2) is 0 Å². The highest BCUT2D eigenvalue weighted by Crippen LogP contribution is 2.29. The molecule has 0 saturated carbocycles. The monoisotopic (exact) mass is 244 g/mol. The van der Waals surface area contributed by atoms with Gasteiger partial charge in [-0.2, -0.15) is 0 Å². The second-order valence-electron chi connectivity index (χ2n) is 4.91. The molecule has 0 fully saturated rings. The fraction of sp³-hybridized carbons (Fsp3) is 0.267. The lowest BCUT2D eigenvalue weighted by atomic mass is 9.83. The first kappa shape index (κ1) is 12.7. The largest absolute Gasteiger partial charge is 0.318 e. The molecule has 2 nitrogen and oxygen atoms in total. The smallest absolute Gasteiger partial charge is 0.141 e. The highest BCUT2D eigenvalue weighted by Gasteiger charge is 2.26. The molecule has 0 aliphatic carbocycles. The Morgan fingerprint density at radius 1 is 1.17 bits per heavy atom. The molecule has 18 heavy (non-hydrogen) atoms. The summed E-state index contributed by atoms with van der Waals surface area (Å²) in [5.74, 6) is -0.366. The molecule has 1 heterocycles. The second-order valence-corrected chi connectivity index (χ2v) is 4.91. The van der Waals surface area contributed by atoms with Gasteiger partial charge in [-0.15, -0.1) is 0 Å². The maximum atomic E-state index is 13.3. The number of hydrogen-bond acceptors (Lipinski definition) is 2. The van der Waals surface area contributed by atoms with Crippen molar-refractivity contribution in [2.75, 3.05) is 0 Å². The van der Waals surface area contributed by atoms with E-state index in [1.165, 1.54) is 12.3 Å². The van der Waals surface area contributed by atoms with E-state index in [0.717, 1.165) is 16.7 Å². The summed E-state index contributed by atoms with van der Waals surface area (Å²) in [6.07, 6.45) is 2.80. The standard InChI is InChI=1S/C15H17FN2/c1-10-4-5-11(2)14(6-10)15(3,17)12-7-13(16)9-18-8-12/h4-9H,17H2,1-3H3. The highest BCUT2D eigenvalue weighted by molar-refractivity contribution is 5.42. The highest BCUT2D eigenvalue weighted by atomic mass is 19.1. The Hall–Kier alpha value is -1.74. The number of hydrogen-bond donors (Lipinski definition) is 1. The lowest BCUT2D eigenvalue weighted by Crippen LogP contribution is -2.35. The van der Waals surface area contributed by atoms with Crippen LogP contribution in [0.3, 0.4) is 0 Å². The van der Waals surface area contributed by atoms with E-state index in [9.17, 15) is 4.39 Å². The third-order valence-corrected chi connectivity index (χ3v) is 3.26. The molecule has 0 spiro atoms. The van der Waals surface area contributed by atoms with E-state index in [2.05, 4.69) is 4.98 Å². The number of halogens is 1. The molecule has 3 heteroatoms. The first-order valence-electron chi connectivity index (χ1n) is 5.89. The normalized spacial score (nSPS) is 14.3. The molecule has 0 saturated heterocycles. The number of rotatable bonds is 2. The molecule has 1 aromatic heterocycles. The zero-order valence-electron chi connectivity index (χ0n) is 10.9. The van der Waals surface area contributed by atoms with Crippen LogP contribution in [0.2, 0.25) is 0 Å². The van der Waals surface area contributed by atoms with Gasteiger partial charge in [0, 0.05) is 6.20 Å². The maximum absolute atomic E-state index is 13.3. The molecule has 94 valence electrons. The van der Waals surface area contributed by atoms with Crippen LogP contribution in [0.1, 0.15) is 29.2 Å². The van der Waals surface area contributed by atoms with Crippen molar-refractivity contribution in [3.05, 3.63) is 64.7 Å². The van der Waals surface area contributed by atoms with E-state index in [1.807, 2.05) is 39.0 Å². The molecule has 0 radical (unpaired) electrons. The minimum Gasteiger partial charge on any atom is -0.318 e. The molecular weight excluding hydrogens is 227 g/mol. The minimum atomic E-state index is -0.745. The van der Waals surface area contributed by atoms with Crippen molar-refractivity contribution < 1.29 is 4.39 Å². The molecule has 1 atom stereocenters. The first-order valence-corrected chi connectivity index (χ1v) is 5.89. The van der Waals surface area contributed by atoms with Crippen LogP contribution >= 0.6 is 0 Å². The summed E-state index contributed by atoms with van der Waals surface area (Å²) in [5.41, 5.74) is 9.55. The second kappa shape index (κ2) is 4.50. The minimum absolute atomic E-state index is 0.366. The number of aryl methyl sites for hydroxylation is 2. The van der Waals surface area contributed by atoms with E-state index in [-0.39, 0.29) is 5.82 Å². The van der Waals surface area contributed by atoms with Crippen molar-refractivity contribution in [2.24, 2.45) is 5.73 Å². The average Bonchev–Trinajstić information content (AvgIpc) is 2.32. The fourth-order valence-corrected chi connectivity index (χ4v) is 2.15. The molecule has 2 N–H and O–H groups in total. The Balaban J connectivity index is 2.57. The van der Waals surface area contributed by atoms with Crippen molar-refractivity contribution in [1.82, 2.24) is 4.98 Å². The third-order valence-electron chi connectivity index (χ3n) is 3.26. The van der Waals surface area contributed by atoms with Crippen LogP contribution < -0.4 is 5.73 Å². The SMILES string of the molecule is Cc1ccc(C)c(C(C)(N)c2cncc(F)c2)c1. The Bertz CT molecular complexity index is 576. The van der Waals surface area contributed by atoms with Crippen molar-refractivity contribution >= 4 is 0 Å². The molecule has 0 amide bonds. The van der Waals surface area contributed by atoms with Gasteiger partial charge in [0.2, 0.25) is 0 Å². The Kier molecular flexibility index (Phi) is 3.18. The molecule has 1 aromatic carbocycles. The fourth-order valence-electron chi connectivity index (χ4n) is 2.15. The van der Waals surface area contributed by atoms with Crippen molar-refractivity contribution in [3.63, 3.8) is 0 Å². The van der Waals surface area contributed by atoms with Crippen molar-refractivity contribution in [2.45, 2.75) is 26.3 Å². The summed E-state index contributed by atoms with van der Waals surface area (Å²) in [5, 5.41) is 0. The van der Waals surface area contributed by atoms with Crippen LogP contribution in [-0.4, -0.2) is 4.98 Å². The Morgan fingerprint density at radius 3 is 2.56 bits per heavy atom. The number of nitrogens with zero attached hydrogens (tertiary/aromatic N) is 1. The number of aromatic nitrogens is 1. The maximum Gasteiger partial charge on any atom is 0.141 e. The van der Waals surface area contributed by atoms with Gasteiger partial charge in [0.1, 0.15) is 5.82 Å². The van der Waals surface area contributed by atoms with Crippen molar-refractivity contribution in [1.29, 1.82) is 0 Å². The van der Waals surface area contributed by atoms with Gasteiger partial charge in [0.25, 0.3) is 0 Å². The van der Waals surface area contributed by atoms with E-state index >= 15 is 0 Å². The zero-order valence-corrected chi connectivity index (χ0v) is 10.9. The number of nitrogens with two attached hydrogens (primary N) is 1. The van der Waals surface area contributed by atoms with Crippen LogP contribution in [0.4, 0.5) is 4.39 Å². The quantitative estimate of drug-likeness (QED) is 0.881. The van der Waals surface area contributed by atoms with E-state index in [4.69, 9.17) is 5.73 Å². The van der Waals surface area contributed by atoms with Crippen molar-refractivity contribution in [3.8, 4) is 0 Å². The average molecular weight is 244 g/mol. The van der Waals surface area contributed by atoms with E-state index in [1.54, 1.807) is 6.20 Å². The molecule has 0 aliphatic heterocycles. The van der Waals surface area contributed by atoms with Gasteiger partial charge in [-0.05, 0) is 43.5 Å². The summed E-state index contributed by atoms with van der Waals surface area (Å²) in [7, 11) is 0. The predicted molar refractivity (Wildman–Crippen MR) is 70.8 cm³/mol. The lowest BCUT2D eigenvalue weighted by Gasteiger charge is -2.27. The number of pyridine rings is 1. The van der Waals surface area contributed by atoms with Gasteiger partial charge < -0.3 is 5.73 Å². The third kappa shape index (κ3) is 2.27. The van der Waals surface area contributed by atoms with Gasteiger partial charge in [-0.3, -0.25) is 4.98 Å². The summed E-state index contributed by atoms with van der Waals surface area (Å²) >= 11 is 0. The molecular formula is C15H17FN2. The first-order chi connectivity index (χ1) is 8.41. The Labute approximate surface area is 107 Å². The summed E-state index contributed by atoms with van der Waals surface area (Å²) in [6, 6.07) is 7.55. The van der Waals surface area contributed by atoms with Crippen LogP contribution in [0.5, 0.6) is 0 Å². The van der Waals surface area contributed by atoms with Gasteiger partial charge in [0.05, 0.1) is 11.7 Å². The van der Waals surface area contributed by atoms with Crippen LogP contribution in [-0.2, 0) is 5.54 Å². The van der Waals surface area contributed by atoms with E-state index < -0.39 is 5.54 Å². The lowest BCUT2D eigenvalue weighted by molar-refractivity contribution is 0.572. The predicted octanol–water partition coefficient (Wildman–Crippen LogP) is 3.06. The summed E-state index contributed by atoms with van der Waals surface area (Å²) in [4.78, 5) is 3.87. The van der Waals surface area contributed by atoms with Gasteiger partial charge >= 0.3 is 0 Å². The topological polar surface area (TPSA) is 38.9 Å². The number of benzene rings is 1. The Morgan fingerprint density at radius 2 is 1.89 bits per heavy atom. The van der Waals surface area contributed by atoms with Crippen LogP contribution in [0.25, 0.3) is 0 Å². The summed E-state index contributed by atoms with van der Waals surface area (Å²) < 4.78 is 13.3. The molecule has 2 aromatic rings. The molecule has 2 rings (SSSR count). The zero-order chi connectivity index (χ0) is 13.3. The molecule has 0 bridgehead atoms. The summed E-state index contributed by atoms with van der Waals surface area (Å²) in [6.45, 7) is 5.90. The molecule has 1 unspecified atom stereocenters. The van der Waals surface area contributed by atoms with E-state index in [0.29, 0.717) is 5.56 Å². The van der Waals surface area contributed by atoms with Gasteiger partial charge in [-0.25, -0.2) is 4.39 Å². The van der Waals surface area contributed by atoms with Crippen LogP contribution in [0.15, 0.2) is 36.7 Å². The van der Waals surface area contributed by atoms with Crippen LogP contribution in [0, 0.1) is 19.7 Å². The van der Waals surface area contributed by atoms with Gasteiger partial charge in [-0.1, -0.05) is 23.8 Å².